The van der Waals surface area contributed by atoms with Gasteiger partial charge in [-0.3, -0.25) is 4.79 Å². The summed E-state index contributed by atoms with van der Waals surface area (Å²) in [7, 11) is 0. The van der Waals surface area contributed by atoms with Gasteiger partial charge in [0.2, 0.25) is 0 Å². The Kier molecular flexibility index (Phi) is 6.33. The van der Waals surface area contributed by atoms with E-state index in [-0.39, 0.29) is 23.3 Å². The lowest BCUT2D eigenvalue weighted by Gasteiger charge is -2.12. The van der Waals surface area contributed by atoms with Crippen LogP contribution in [-0.4, -0.2) is 15.9 Å². The number of anilines is 2. The lowest BCUT2D eigenvalue weighted by Crippen LogP contribution is -2.22. The van der Waals surface area contributed by atoms with Gasteiger partial charge >= 0.3 is 12.4 Å². The standard InChI is InChI=1S/C24H16F6N4O/c25-23(26,27)16-5-3-15(4-6-16)22(35)31-12-14-1-8-18(9-2-14)34-21-19-11-17(24(28,29)30)7-10-20(19)32-13-33-21/h1-11,13H,12H2,(H,31,35)(H,32,33,34). The number of aromatic nitrogens is 2. The molecule has 0 saturated heterocycles. The van der Waals surface area contributed by atoms with Crippen LogP contribution in [0.4, 0.5) is 37.8 Å². The van der Waals surface area contributed by atoms with Crippen molar-refractivity contribution in [2.75, 3.05) is 5.32 Å². The number of hydrogen-bond acceptors (Lipinski definition) is 4. The fourth-order valence-electron chi connectivity index (χ4n) is 3.27. The summed E-state index contributed by atoms with van der Waals surface area (Å²) in [5.41, 5.74) is 0.0106. The monoisotopic (exact) mass is 490 g/mol. The second-order valence-electron chi connectivity index (χ2n) is 7.53. The topological polar surface area (TPSA) is 66.9 Å². The molecule has 0 aliphatic carbocycles. The highest BCUT2D eigenvalue weighted by atomic mass is 19.4. The minimum atomic E-state index is -4.51. The second-order valence-corrected chi connectivity index (χ2v) is 7.53. The van der Waals surface area contributed by atoms with E-state index < -0.39 is 29.4 Å². The summed E-state index contributed by atoms with van der Waals surface area (Å²) in [4.78, 5) is 20.2. The van der Waals surface area contributed by atoms with E-state index >= 15 is 0 Å². The lowest BCUT2D eigenvalue weighted by molar-refractivity contribution is -0.138. The minimum absolute atomic E-state index is 0.0881. The predicted molar refractivity (Wildman–Crippen MR) is 117 cm³/mol. The minimum Gasteiger partial charge on any atom is -0.348 e. The van der Waals surface area contributed by atoms with Crippen LogP contribution in [0.2, 0.25) is 0 Å². The summed E-state index contributed by atoms with van der Waals surface area (Å²) < 4.78 is 77.2. The number of nitrogens with zero attached hydrogens (tertiary/aromatic N) is 2. The van der Waals surface area contributed by atoms with Crippen molar-refractivity contribution in [3.63, 3.8) is 0 Å². The Morgan fingerprint density at radius 1 is 0.771 bits per heavy atom. The molecule has 0 aliphatic rings. The number of alkyl halides is 6. The van der Waals surface area contributed by atoms with Gasteiger partial charge in [0, 0.05) is 23.2 Å². The van der Waals surface area contributed by atoms with Crippen LogP contribution in [0.1, 0.15) is 27.0 Å². The first kappa shape index (κ1) is 24.0. The average Bonchev–Trinajstić information content (AvgIpc) is 2.82. The van der Waals surface area contributed by atoms with Gasteiger partial charge in [-0.25, -0.2) is 9.97 Å². The highest BCUT2D eigenvalue weighted by molar-refractivity contribution is 5.94. The first-order valence-corrected chi connectivity index (χ1v) is 10.1. The SMILES string of the molecule is O=C(NCc1ccc(Nc2ncnc3ccc(C(F)(F)F)cc23)cc1)c1ccc(C(F)(F)F)cc1. The van der Waals surface area contributed by atoms with Crippen molar-refractivity contribution in [2.24, 2.45) is 0 Å². The van der Waals surface area contributed by atoms with Crippen molar-refractivity contribution in [3.05, 3.63) is 95.3 Å². The molecule has 35 heavy (non-hydrogen) atoms. The number of halogens is 6. The molecule has 0 radical (unpaired) electrons. The van der Waals surface area contributed by atoms with Crippen LogP contribution < -0.4 is 10.6 Å². The zero-order valence-electron chi connectivity index (χ0n) is 17.7. The number of carbonyl (C=O) groups excluding carboxylic acids is 1. The van der Waals surface area contributed by atoms with E-state index in [0.717, 1.165) is 36.4 Å². The van der Waals surface area contributed by atoms with Crippen molar-refractivity contribution >= 4 is 28.3 Å². The molecule has 11 heteroatoms. The zero-order valence-corrected chi connectivity index (χ0v) is 17.7. The molecule has 0 aliphatic heterocycles. The number of fused-ring (bicyclic) bond motifs is 1. The summed E-state index contributed by atoms with van der Waals surface area (Å²) in [6.45, 7) is 0.117. The summed E-state index contributed by atoms with van der Waals surface area (Å²) in [5, 5.41) is 5.79. The van der Waals surface area contributed by atoms with Gasteiger partial charge < -0.3 is 10.6 Å². The third-order valence-corrected chi connectivity index (χ3v) is 5.11. The van der Waals surface area contributed by atoms with Gasteiger partial charge in [-0.1, -0.05) is 12.1 Å². The molecule has 0 atom stereocenters. The molecular formula is C24H16F6N4O. The third-order valence-electron chi connectivity index (χ3n) is 5.11. The number of rotatable bonds is 5. The molecule has 5 nitrogen and oxygen atoms in total. The fourth-order valence-corrected chi connectivity index (χ4v) is 3.27. The van der Waals surface area contributed by atoms with Crippen LogP contribution in [0.5, 0.6) is 0 Å². The summed E-state index contributed by atoms with van der Waals surface area (Å²) in [5.74, 6) is -0.335. The molecule has 1 aromatic heterocycles. The Labute approximate surface area is 194 Å². The maximum Gasteiger partial charge on any atom is 0.416 e. The number of benzene rings is 3. The second kappa shape index (κ2) is 9.24. The van der Waals surface area contributed by atoms with Crippen molar-refractivity contribution in [2.45, 2.75) is 18.9 Å². The van der Waals surface area contributed by atoms with Gasteiger partial charge in [0.15, 0.2) is 0 Å². The number of hydrogen-bond donors (Lipinski definition) is 2. The van der Waals surface area contributed by atoms with E-state index in [4.69, 9.17) is 0 Å². The van der Waals surface area contributed by atoms with Crippen molar-refractivity contribution in [1.29, 1.82) is 0 Å². The molecule has 0 fully saturated rings. The van der Waals surface area contributed by atoms with Gasteiger partial charge in [-0.05, 0) is 60.2 Å². The Bertz CT molecular complexity index is 1350. The third kappa shape index (κ3) is 5.68. The van der Waals surface area contributed by atoms with Crippen LogP contribution in [0.15, 0.2) is 73.1 Å². The van der Waals surface area contributed by atoms with E-state index in [0.29, 0.717) is 16.8 Å². The fraction of sp³-hybridized carbons (Fsp3) is 0.125. The van der Waals surface area contributed by atoms with Gasteiger partial charge in [-0.2, -0.15) is 26.3 Å². The molecule has 4 aromatic rings. The molecule has 1 amide bonds. The van der Waals surface area contributed by atoms with Crippen molar-refractivity contribution in [3.8, 4) is 0 Å². The van der Waals surface area contributed by atoms with Crippen molar-refractivity contribution in [1.82, 2.24) is 15.3 Å². The number of carbonyl (C=O) groups is 1. The molecule has 4 rings (SSSR count). The van der Waals surface area contributed by atoms with E-state index in [1.807, 2.05) is 0 Å². The maximum absolute atomic E-state index is 13.1. The first-order valence-electron chi connectivity index (χ1n) is 10.1. The smallest absolute Gasteiger partial charge is 0.348 e. The molecule has 0 spiro atoms. The van der Waals surface area contributed by atoms with Crippen LogP contribution in [0.25, 0.3) is 10.9 Å². The molecule has 2 N–H and O–H groups in total. The van der Waals surface area contributed by atoms with Crippen molar-refractivity contribution < 1.29 is 31.1 Å². The van der Waals surface area contributed by atoms with E-state index in [1.54, 1.807) is 24.3 Å². The Morgan fingerprint density at radius 2 is 1.40 bits per heavy atom. The number of nitrogens with one attached hydrogen (secondary N) is 2. The zero-order chi connectivity index (χ0) is 25.2. The van der Waals surface area contributed by atoms with Gasteiger partial charge in [0.05, 0.1) is 16.6 Å². The van der Waals surface area contributed by atoms with Gasteiger partial charge in [-0.15, -0.1) is 0 Å². The molecule has 0 bridgehead atoms. The number of amides is 1. The van der Waals surface area contributed by atoms with E-state index in [2.05, 4.69) is 20.6 Å². The summed E-state index contributed by atoms with van der Waals surface area (Å²) >= 11 is 0. The molecule has 1 heterocycles. The molecular weight excluding hydrogens is 474 g/mol. The van der Waals surface area contributed by atoms with Gasteiger partial charge in [0.1, 0.15) is 12.1 Å². The van der Waals surface area contributed by atoms with Crippen LogP contribution in [0.3, 0.4) is 0 Å². The average molecular weight is 490 g/mol. The van der Waals surface area contributed by atoms with E-state index in [9.17, 15) is 31.1 Å². The molecule has 3 aromatic carbocycles. The summed E-state index contributed by atoms with van der Waals surface area (Å²) in [6.07, 6.45) is -7.75. The highest BCUT2D eigenvalue weighted by Gasteiger charge is 2.31. The molecule has 0 unspecified atom stereocenters. The normalized spacial score (nSPS) is 11.9. The van der Waals surface area contributed by atoms with E-state index in [1.165, 1.54) is 12.4 Å². The quantitative estimate of drug-likeness (QED) is 0.321. The Morgan fingerprint density at radius 3 is 2.03 bits per heavy atom. The van der Waals surface area contributed by atoms with Crippen LogP contribution in [-0.2, 0) is 18.9 Å². The Balaban J connectivity index is 1.42. The lowest BCUT2D eigenvalue weighted by atomic mass is 10.1. The Hall–Kier alpha value is -4.15. The van der Waals surface area contributed by atoms with Crippen LogP contribution in [0, 0.1) is 0 Å². The summed E-state index contributed by atoms with van der Waals surface area (Å²) in [6, 6.07) is 13.7. The largest absolute Gasteiger partial charge is 0.416 e. The first-order chi connectivity index (χ1) is 16.5. The van der Waals surface area contributed by atoms with Gasteiger partial charge in [0.25, 0.3) is 5.91 Å². The molecule has 0 saturated carbocycles. The highest BCUT2D eigenvalue weighted by Crippen LogP contribution is 2.33. The molecule has 180 valence electrons. The predicted octanol–water partition coefficient (Wildman–Crippen LogP) is 6.34. The van der Waals surface area contributed by atoms with Crippen LogP contribution >= 0.6 is 0 Å². The maximum atomic E-state index is 13.1.